The maximum Gasteiger partial charge on any atom is 0.154 e. The fourth-order valence-corrected chi connectivity index (χ4v) is 1.56. The zero-order valence-electron chi connectivity index (χ0n) is 7.14. The fourth-order valence-electron chi connectivity index (χ4n) is 1.56. The standard InChI is InChI=1S/C9H10N4/c1-2-12-13-6-8(5-11-9(1)13)7-3-10-4-7/h1-2,5-7,10H,3-4H2. The van der Waals surface area contributed by atoms with Crippen LogP contribution >= 0.6 is 0 Å². The molecule has 4 heteroatoms. The Labute approximate surface area is 75.6 Å². The number of hydrogen-bond acceptors (Lipinski definition) is 3. The van der Waals surface area contributed by atoms with Crippen LogP contribution in [0, 0.1) is 0 Å². The van der Waals surface area contributed by atoms with Crippen molar-refractivity contribution in [3.63, 3.8) is 0 Å². The minimum Gasteiger partial charge on any atom is -0.315 e. The third-order valence-corrected chi connectivity index (χ3v) is 2.52. The summed E-state index contributed by atoms with van der Waals surface area (Å²) < 4.78 is 1.83. The van der Waals surface area contributed by atoms with Gasteiger partial charge in [-0.3, -0.25) is 0 Å². The molecule has 2 aromatic heterocycles. The van der Waals surface area contributed by atoms with Crippen LogP contribution in [-0.2, 0) is 0 Å². The number of hydrogen-bond donors (Lipinski definition) is 1. The van der Waals surface area contributed by atoms with E-state index in [9.17, 15) is 0 Å². The predicted molar refractivity (Wildman–Crippen MR) is 48.6 cm³/mol. The van der Waals surface area contributed by atoms with Crippen molar-refractivity contribution in [2.45, 2.75) is 5.92 Å². The van der Waals surface area contributed by atoms with Crippen molar-refractivity contribution in [1.82, 2.24) is 19.9 Å². The molecule has 3 heterocycles. The van der Waals surface area contributed by atoms with Gasteiger partial charge in [0.25, 0.3) is 0 Å². The summed E-state index contributed by atoms with van der Waals surface area (Å²) in [5, 5.41) is 7.40. The first kappa shape index (κ1) is 7.03. The second-order valence-corrected chi connectivity index (χ2v) is 3.38. The van der Waals surface area contributed by atoms with E-state index in [2.05, 4.69) is 21.6 Å². The van der Waals surface area contributed by atoms with E-state index in [4.69, 9.17) is 0 Å². The van der Waals surface area contributed by atoms with E-state index in [0.29, 0.717) is 5.92 Å². The molecular weight excluding hydrogens is 164 g/mol. The maximum absolute atomic E-state index is 4.32. The van der Waals surface area contributed by atoms with Crippen LogP contribution in [0.3, 0.4) is 0 Å². The van der Waals surface area contributed by atoms with Gasteiger partial charge in [0, 0.05) is 37.5 Å². The SMILES string of the molecule is c1cc2ncc(C3CNC3)cn2n1. The van der Waals surface area contributed by atoms with E-state index < -0.39 is 0 Å². The first-order valence-electron chi connectivity index (χ1n) is 4.43. The van der Waals surface area contributed by atoms with Crippen LogP contribution in [0.1, 0.15) is 11.5 Å². The van der Waals surface area contributed by atoms with Crippen LogP contribution in [0.5, 0.6) is 0 Å². The summed E-state index contributed by atoms with van der Waals surface area (Å²) >= 11 is 0. The second kappa shape index (κ2) is 2.53. The van der Waals surface area contributed by atoms with Gasteiger partial charge in [0.05, 0.1) is 6.20 Å². The van der Waals surface area contributed by atoms with Crippen molar-refractivity contribution >= 4 is 5.65 Å². The molecule has 0 aliphatic carbocycles. The molecule has 0 aromatic carbocycles. The lowest BCUT2D eigenvalue weighted by Gasteiger charge is -2.26. The summed E-state index contributed by atoms with van der Waals surface area (Å²) in [5.41, 5.74) is 2.19. The number of nitrogens with zero attached hydrogens (tertiary/aromatic N) is 3. The highest BCUT2D eigenvalue weighted by Crippen LogP contribution is 2.18. The Morgan fingerprint density at radius 1 is 1.46 bits per heavy atom. The van der Waals surface area contributed by atoms with Gasteiger partial charge in [-0.25, -0.2) is 9.50 Å². The van der Waals surface area contributed by atoms with Crippen molar-refractivity contribution in [3.05, 3.63) is 30.2 Å². The van der Waals surface area contributed by atoms with E-state index in [1.165, 1.54) is 5.56 Å². The Bertz CT molecular complexity index is 430. The largest absolute Gasteiger partial charge is 0.315 e. The smallest absolute Gasteiger partial charge is 0.154 e. The molecule has 1 aliphatic rings. The Morgan fingerprint density at radius 3 is 3.15 bits per heavy atom. The van der Waals surface area contributed by atoms with E-state index in [0.717, 1.165) is 18.7 Å². The summed E-state index contributed by atoms with van der Waals surface area (Å²) in [7, 11) is 0. The molecule has 1 N–H and O–H groups in total. The van der Waals surface area contributed by atoms with Crippen molar-refractivity contribution in [2.75, 3.05) is 13.1 Å². The number of fused-ring (bicyclic) bond motifs is 1. The van der Waals surface area contributed by atoms with Gasteiger partial charge in [-0.15, -0.1) is 0 Å². The summed E-state index contributed by atoms with van der Waals surface area (Å²) in [4.78, 5) is 4.32. The van der Waals surface area contributed by atoms with Gasteiger partial charge in [-0.05, 0) is 5.56 Å². The van der Waals surface area contributed by atoms with Crippen molar-refractivity contribution in [3.8, 4) is 0 Å². The zero-order chi connectivity index (χ0) is 8.67. The second-order valence-electron chi connectivity index (χ2n) is 3.38. The molecule has 0 spiro atoms. The Hall–Kier alpha value is -1.42. The molecule has 0 unspecified atom stereocenters. The fraction of sp³-hybridized carbons (Fsp3) is 0.333. The Kier molecular flexibility index (Phi) is 1.37. The van der Waals surface area contributed by atoms with E-state index in [1.807, 2.05) is 16.8 Å². The first-order valence-corrected chi connectivity index (χ1v) is 4.43. The van der Waals surface area contributed by atoms with Crippen LogP contribution in [0.4, 0.5) is 0 Å². The lowest BCUT2D eigenvalue weighted by Crippen LogP contribution is -2.40. The first-order chi connectivity index (χ1) is 6.43. The lowest BCUT2D eigenvalue weighted by atomic mass is 9.97. The molecule has 13 heavy (non-hydrogen) atoms. The van der Waals surface area contributed by atoms with Crippen LogP contribution < -0.4 is 5.32 Å². The average Bonchev–Trinajstić information content (AvgIpc) is 2.47. The molecule has 0 saturated carbocycles. The normalized spacial score (nSPS) is 17.5. The molecule has 0 amide bonds. The molecule has 1 saturated heterocycles. The maximum atomic E-state index is 4.32. The predicted octanol–water partition coefficient (Wildman–Crippen LogP) is 0.416. The summed E-state index contributed by atoms with van der Waals surface area (Å²) in [6, 6.07) is 1.91. The topological polar surface area (TPSA) is 42.2 Å². The van der Waals surface area contributed by atoms with Gasteiger partial charge >= 0.3 is 0 Å². The zero-order valence-corrected chi connectivity index (χ0v) is 7.14. The third kappa shape index (κ3) is 1.02. The summed E-state index contributed by atoms with van der Waals surface area (Å²) in [6.07, 6.45) is 5.78. The van der Waals surface area contributed by atoms with Gasteiger partial charge in [0.2, 0.25) is 0 Å². The van der Waals surface area contributed by atoms with Crippen molar-refractivity contribution in [2.24, 2.45) is 0 Å². The number of nitrogens with one attached hydrogen (secondary N) is 1. The van der Waals surface area contributed by atoms with Gasteiger partial charge in [-0.2, -0.15) is 5.10 Å². The quantitative estimate of drug-likeness (QED) is 0.681. The third-order valence-electron chi connectivity index (χ3n) is 2.52. The average molecular weight is 174 g/mol. The highest BCUT2D eigenvalue weighted by atomic mass is 15.2. The molecule has 3 rings (SSSR count). The lowest BCUT2D eigenvalue weighted by molar-refractivity contribution is 0.445. The number of aromatic nitrogens is 3. The van der Waals surface area contributed by atoms with E-state index in [1.54, 1.807) is 6.20 Å². The Balaban J connectivity index is 2.09. The molecule has 66 valence electrons. The molecule has 0 atom stereocenters. The van der Waals surface area contributed by atoms with Crippen molar-refractivity contribution < 1.29 is 0 Å². The summed E-state index contributed by atoms with van der Waals surface area (Å²) in [5.74, 6) is 0.626. The molecular formula is C9H10N4. The van der Waals surface area contributed by atoms with E-state index >= 15 is 0 Å². The van der Waals surface area contributed by atoms with Gasteiger partial charge in [-0.1, -0.05) is 0 Å². The summed E-state index contributed by atoms with van der Waals surface area (Å²) in [6.45, 7) is 2.13. The van der Waals surface area contributed by atoms with Gasteiger partial charge in [0.15, 0.2) is 5.65 Å². The highest BCUT2D eigenvalue weighted by molar-refractivity contribution is 5.36. The van der Waals surface area contributed by atoms with Gasteiger partial charge in [0.1, 0.15) is 0 Å². The molecule has 0 radical (unpaired) electrons. The van der Waals surface area contributed by atoms with Crippen LogP contribution in [0.25, 0.3) is 5.65 Å². The minimum absolute atomic E-state index is 0.626. The molecule has 2 aromatic rings. The molecule has 0 bridgehead atoms. The van der Waals surface area contributed by atoms with Crippen LogP contribution in [0.2, 0.25) is 0 Å². The van der Waals surface area contributed by atoms with E-state index in [-0.39, 0.29) is 0 Å². The Morgan fingerprint density at radius 2 is 2.38 bits per heavy atom. The number of rotatable bonds is 1. The van der Waals surface area contributed by atoms with Crippen LogP contribution in [0.15, 0.2) is 24.7 Å². The van der Waals surface area contributed by atoms with Crippen molar-refractivity contribution in [1.29, 1.82) is 0 Å². The molecule has 1 fully saturated rings. The highest BCUT2D eigenvalue weighted by Gasteiger charge is 2.19. The monoisotopic (exact) mass is 174 g/mol. The van der Waals surface area contributed by atoms with Gasteiger partial charge < -0.3 is 5.32 Å². The van der Waals surface area contributed by atoms with Crippen LogP contribution in [-0.4, -0.2) is 27.7 Å². The molecule has 1 aliphatic heterocycles. The minimum atomic E-state index is 0.626. The molecule has 4 nitrogen and oxygen atoms in total.